The van der Waals surface area contributed by atoms with Crippen molar-refractivity contribution in [1.29, 1.82) is 0 Å². The van der Waals surface area contributed by atoms with E-state index in [1.165, 1.54) is 5.56 Å². The van der Waals surface area contributed by atoms with Crippen molar-refractivity contribution in [2.45, 2.75) is 40.0 Å². The molecular formula is C14H24N2O. The smallest absolute Gasteiger partial charge is 0.131 e. The maximum absolute atomic E-state index is 8.92. The number of pyridine rings is 1. The molecule has 1 rings (SSSR count). The lowest BCUT2D eigenvalue weighted by atomic mass is 10.1. The van der Waals surface area contributed by atoms with E-state index in [9.17, 15) is 0 Å². The molecule has 3 nitrogen and oxygen atoms in total. The summed E-state index contributed by atoms with van der Waals surface area (Å²) in [5, 5.41) is 8.92. The van der Waals surface area contributed by atoms with Crippen molar-refractivity contribution < 1.29 is 5.11 Å². The van der Waals surface area contributed by atoms with Crippen LogP contribution in [0.25, 0.3) is 0 Å². The molecule has 1 heterocycles. The molecule has 0 atom stereocenters. The standard InChI is InChI=1S/C14H24N2O/c1-4-7-16(8-5-2)14-12(3)10-13(6-9-17)11-15-14/h10-11,17H,4-9H2,1-3H3. The van der Waals surface area contributed by atoms with Gasteiger partial charge in [0.25, 0.3) is 0 Å². The van der Waals surface area contributed by atoms with E-state index in [1.807, 2.05) is 6.20 Å². The van der Waals surface area contributed by atoms with Gasteiger partial charge < -0.3 is 10.0 Å². The summed E-state index contributed by atoms with van der Waals surface area (Å²) in [6.07, 6.45) is 4.85. The van der Waals surface area contributed by atoms with Crippen LogP contribution in [-0.2, 0) is 6.42 Å². The predicted octanol–water partition coefficient (Wildman–Crippen LogP) is 2.55. The lowest BCUT2D eigenvalue weighted by Crippen LogP contribution is -2.26. The van der Waals surface area contributed by atoms with E-state index in [0.717, 1.165) is 37.3 Å². The van der Waals surface area contributed by atoms with Crippen LogP contribution >= 0.6 is 0 Å². The summed E-state index contributed by atoms with van der Waals surface area (Å²) in [6, 6.07) is 2.14. The van der Waals surface area contributed by atoms with E-state index in [-0.39, 0.29) is 6.61 Å². The van der Waals surface area contributed by atoms with E-state index >= 15 is 0 Å². The van der Waals surface area contributed by atoms with Gasteiger partial charge in [0.15, 0.2) is 0 Å². The van der Waals surface area contributed by atoms with Crippen molar-refractivity contribution in [3.63, 3.8) is 0 Å². The molecule has 0 radical (unpaired) electrons. The third-order valence-electron chi connectivity index (χ3n) is 2.79. The van der Waals surface area contributed by atoms with E-state index in [4.69, 9.17) is 5.11 Å². The molecule has 0 aliphatic carbocycles. The Hall–Kier alpha value is -1.09. The van der Waals surface area contributed by atoms with Crippen LogP contribution in [0.3, 0.4) is 0 Å². The highest BCUT2D eigenvalue weighted by Gasteiger charge is 2.09. The number of hydrogen-bond donors (Lipinski definition) is 1. The summed E-state index contributed by atoms with van der Waals surface area (Å²) in [5.41, 5.74) is 2.32. The van der Waals surface area contributed by atoms with Gasteiger partial charge in [-0.05, 0) is 37.3 Å². The Bertz CT molecular complexity index is 333. The summed E-state index contributed by atoms with van der Waals surface area (Å²) in [4.78, 5) is 6.89. The van der Waals surface area contributed by atoms with Crippen molar-refractivity contribution in [3.05, 3.63) is 23.4 Å². The molecule has 0 spiro atoms. The zero-order valence-corrected chi connectivity index (χ0v) is 11.2. The van der Waals surface area contributed by atoms with E-state index in [1.54, 1.807) is 0 Å². The van der Waals surface area contributed by atoms with Crippen LogP contribution < -0.4 is 4.90 Å². The molecule has 17 heavy (non-hydrogen) atoms. The van der Waals surface area contributed by atoms with Crippen LogP contribution in [0.15, 0.2) is 12.3 Å². The average molecular weight is 236 g/mol. The fourth-order valence-corrected chi connectivity index (χ4v) is 2.09. The van der Waals surface area contributed by atoms with Crippen molar-refractivity contribution >= 4 is 5.82 Å². The molecule has 0 amide bonds. The van der Waals surface area contributed by atoms with Gasteiger partial charge in [0, 0.05) is 25.9 Å². The Balaban J connectivity index is 2.87. The minimum atomic E-state index is 0.189. The van der Waals surface area contributed by atoms with Crippen LogP contribution in [-0.4, -0.2) is 29.8 Å². The maximum atomic E-state index is 8.92. The molecule has 0 saturated carbocycles. The van der Waals surface area contributed by atoms with E-state index < -0.39 is 0 Å². The van der Waals surface area contributed by atoms with Crippen molar-refractivity contribution in [3.8, 4) is 0 Å². The second kappa shape index (κ2) is 7.28. The van der Waals surface area contributed by atoms with Crippen LogP contribution in [0.4, 0.5) is 5.82 Å². The minimum absolute atomic E-state index is 0.189. The van der Waals surface area contributed by atoms with E-state index in [0.29, 0.717) is 6.42 Å². The molecule has 0 bridgehead atoms. The Morgan fingerprint density at radius 1 is 1.24 bits per heavy atom. The number of anilines is 1. The lowest BCUT2D eigenvalue weighted by molar-refractivity contribution is 0.299. The number of rotatable bonds is 7. The van der Waals surface area contributed by atoms with Gasteiger partial charge in [-0.2, -0.15) is 0 Å². The molecule has 0 saturated heterocycles. The third kappa shape index (κ3) is 4.00. The van der Waals surface area contributed by atoms with Gasteiger partial charge in [-0.3, -0.25) is 0 Å². The summed E-state index contributed by atoms with van der Waals surface area (Å²) in [6.45, 7) is 8.79. The number of nitrogens with zero attached hydrogens (tertiary/aromatic N) is 2. The Labute approximate surface area is 104 Å². The predicted molar refractivity (Wildman–Crippen MR) is 72.6 cm³/mol. The van der Waals surface area contributed by atoms with Crippen LogP contribution in [0.2, 0.25) is 0 Å². The minimum Gasteiger partial charge on any atom is -0.396 e. The van der Waals surface area contributed by atoms with Gasteiger partial charge >= 0.3 is 0 Å². The summed E-state index contributed by atoms with van der Waals surface area (Å²) in [5.74, 6) is 1.09. The molecule has 96 valence electrons. The van der Waals surface area contributed by atoms with E-state index in [2.05, 4.69) is 36.7 Å². The lowest BCUT2D eigenvalue weighted by Gasteiger charge is -2.24. The Morgan fingerprint density at radius 3 is 2.35 bits per heavy atom. The molecule has 0 aliphatic heterocycles. The fraction of sp³-hybridized carbons (Fsp3) is 0.643. The van der Waals surface area contributed by atoms with Gasteiger partial charge in [-0.25, -0.2) is 4.98 Å². The average Bonchev–Trinajstić information content (AvgIpc) is 2.29. The number of hydrogen-bond acceptors (Lipinski definition) is 3. The van der Waals surface area contributed by atoms with Gasteiger partial charge in [-0.15, -0.1) is 0 Å². The van der Waals surface area contributed by atoms with Crippen molar-refractivity contribution in [2.24, 2.45) is 0 Å². The maximum Gasteiger partial charge on any atom is 0.131 e. The number of aryl methyl sites for hydroxylation is 1. The Kier molecular flexibility index (Phi) is 5.98. The normalized spacial score (nSPS) is 10.6. The highest BCUT2D eigenvalue weighted by Crippen LogP contribution is 2.18. The van der Waals surface area contributed by atoms with Crippen molar-refractivity contribution in [2.75, 3.05) is 24.6 Å². The summed E-state index contributed by atoms with van der Waals surface area (Å²) >= 11 is 0. The summed E-state index contributed by atoms with van der Waals surface area (Å²) < 4.78 is 0. The zero-order valence-electron chi connectivity index (χ0n) is 11.2. The molecule has 1 aromatic rings. The number of aliphatic hydroxyl groups is 1. The molecule has 1 aromatic heterocycles. The van der Waals surface area contributed by atoms with Gasteiger partial charge in [0.05, 0.1) is 0 Å². The largest absolute Gasteiger partial charge is 0.396 e. The van der Waals surface area contributed by atoms with Crippen LogP contribution in [0.1, 0.15) is 37.8 Å². The van der Waals surface area contributed by atoms with Crippen LogP contribution in [0.5, 0.6) is 0 Å². The molecule has 0 fully saturated rings. The van der Waals surface area contributed by atoms with Gasteiger partial charge in [-0.1, -0.05) is 19.9 Å². The second-order valence-corrected chi connectivity index (χ2v) is 4.44. The zero-order chi connectivity index (χ0) is 12.7. The Morgan fingerprint density at radius 2 is 1.88 bits per heavy atom. The highest BCUT2D eigenvalue weighted by atomic mass is 16.2. The van der Waals surface area contributed by atoms with Crippen LogP contribution in [0, 0.1) is 6.92 Å². The molecule has 1 N–H and O–H groups in total. The monoisotopic (exact) mass is 236 g/mol. The highest BCUT2D eigenvalue weighted by molar-refractivity contribution is 5.47. The molecule has 0 unspecified atom stereocenters. The molecule has 0 aromatic carbocycles. The molecule has 0 aliphatic rings. The SMILES string of the molecule is CCCN(CCC)c1ncc(CCO)cc1C. The first kappa shape index (κ1) is 14.0. The van der Waals surface area contributed by atoms with Crippen molar-refractivity contribution in [1.82, 2.24) is 4.98 Å². The summed E-state index contributed by atoms with van der Waals surface area (Å²) in [7, 11) is 0. The molecular weight excluding hydrogens is 212 g/mol. The fourth-order valence-electron chi connectivity index (χ4n) is 2.09. The molecule has 3 heteroatoms. The number of aromatic nitrogens is 1. The first-order chi connectivity index (χ1) is 8.22. The van der Waals surface area contributed by atoms with Gasteiger partial charge in [0.1, 0.15) is 5.82 Å². The van der Waals surface area contributed by atoms with Gasteiger partial charge in [0.2, 0.25) is 0 Å². The second-order valence-electron chi connectivity index (χ2n) is 4.44. The number of aliphatic hydroxyl groups excluding tert-OH is 1. The first-order valence-corrected chi connectivity index (χ1v) is 6.54. The first-order valence-electron chi connectivity index (χ1n) is 6.54. The topological polar surface area (TPSA) is 36.4 Å². The third-order valence-corrected chi connectivity index (χ3v) is 2.79. The quantitative estimate of drug-likeness (QED) is 0.790.